The number of pyridine rings is 1. The van der Waals surface area contributed by atoms with Gasteiger partial charge in [0.05, 0.1) is 0 Å². The molecule has 0 aliphatic carbocycles. The Bertz CT molecular complexity index is 619. The fourth-order valence-electron chi connectivity index (χ4n) is 2.53. The van der Waals surface area contributed by atoms with Gasteiger partial charge in [0.25, 0.3) is 5.56 Å². The predicted octanol–water partition coefficient (Wildman–Crippen LogP) is 1.97. The van der Waals surface area contributed by atoms with Crippen LogP contribution in [0.1, 0.15) is 45.7 Å². The second kappa shape index (κ2) is 7.94. The lowest BCUT2D eigenvalue weighted by molar-refractivity contribution is -0.143. The van der Waals surface area contributed by atoms with E-state index in [-0.39, 0.29) is 17.4 Å². The summed E-state index contributed by atoms with van der Waals surface area (Å²) in [6.45, 7) is 9.29. The second-order valence-electron chi connectivity index (χ2n) is 6.67. The number of carboxylic acid groups (broad SMARTS) is 1. The van der Waals surface area contributed by atoms with Gasteiger partial charge in [-0.15, -0.1) is 0 Å². The van der Waals surface area contributed by atoms with Crippen LogP contribution in [0.4, 0.5) is 0 Å². The van der Waals surface area contributed by atoms with Crippen molar-refractivity contribution < 1.29 is 14.7 Å². The summed E-state index contributed by atoms with van der Waals surface area (Å²) in [5.74, 6) is -1.52. The minimum Gasteiger partial charge on any atom is -0.480 e. The van der Waals surface area contributed by atoms with Crippen molar-refractivity contribution in [3.63, 3.8) is 0 Å². The summed E-state index contributed by atoms with van der Waals surface area (Å²) < 4.78 is 1.38. The molecule has 6 nitrogen and oxygen atoms in total. The number of nitrogens with zero attached hydrogens (tertiary/aromatic N) is 1. The Balaban J connectivity index is 3.10. The van der Waals surface area contributed by atoms with Crippen molar-refractivity contribution in [3.05, 3.63) is 34.2 Å². The molecule has 0 aromatic carbocycles. The topological polar surface area (TPSA) is 88.4 Å². The number of carboxylic acids is 1. The Kier molecular flexibility index (Phi) is 6.54. The molecule has 0 fully saturated rings. The van der Waals surface area contributed by atoms with Crippen LogP contribution in [0.2, 0.25) is 0 Å². The van der Waals surface area contributed by atoms with Gasteiger partial charge in [-0.05, 0) is 30.7 Å². The molecule has 128 valence electrons. The van der Waals surface area contributed by atoms with E-state index >= 15 is 0 Å². The van der Waals surface area contributed by atoms with E-state index < -0.39 is 24.0 Å². The molecule has 0 saturated heterocycles. The zero-order chi connectivity index (χ0) is 17.7. The highest BCUT2D eigenvalue weighted by Crippen LogP contribution is 2.17. The predicted molar refractivity (Wildman–Crippen MR) is 88.3 cm³/mol. The molecule has 1 aromatic rings. The minimum absolute atomic E-state index is 0.135. The van der Waals surface area contributed by atoms with Gasteiger partial charge in [0, 0.05) is 12.3 Å². The highest BCUT2D eigenvalue weighted by atomic mass is 16.4. The van der Waals surface area contributed by atoms with Gasteiger partial charge in [-0.25, -0.2) is 4.79 Å². The van der Waals surface area contributed by atoms with Gasteiger partial charge in [-0.3, -0.25) is 9.59 Å². The van der Waals surface area contributed by atoms with E-state index in [0.29, 0.717) is 6.42 Å². The third-order valence-electron chi connectivity index (χ3n) is 3.61. The number of carbonyl (C=O) groups is 2. The molecule has 0 aliphatic rings. The van der Waals surface area contributed by atoms with Crippen molar-refractivity contribution in [2.24, 2.45) is 11.8 Å². The second-order valence-corrected chi connectivity index (χ2v) is 6.67. The highest BCUT2D eigenvalue weighted by molar-refractivity contribution is 5.86. The Labute approximate surface area is 136 Å². The van der Waals surface area contributed by atoms with E-state index in [4.69, 9.17) is 0 Å². The summed E-state index contributed by atoms with van der Waals surface area (Å²) in [5, 5.41) is 11.9. The number of amides is 1. The van der Waals surface area contributed by atoms with E-state index in [1.807, 2.05) is 34.6 Å². The van der Waals surface area contributed by atoms with Crippen LogP contribution in [0.25, 0.3) is 0 Å². The molecule has 1 aromatic heterocycles. The van der Waals surface area contributed by atoms with Crippen molar-refractivity contribution in [1.82, 2.24) is 9.88 Å². The van der Waals surface area contributed by atoms with E-state index in [0.717, 1.165) is 5.56 Å². The van der Waals surface area contributed by atoms with Crippen LogP contribution in [0.5, 0.6) is 0 Å². The molecule has 0 spiro atoms. The number of aromatic nitrogens is 1. The van der Waals surface area contributed by atoms with Crippen LogP contribution in [-0.4, -0.2) is 27.6 Å². The number of aryl methyl sites for hydroxylation is 1. The molecule has 0 saturated carbocycles. The SMILES string of the molecule is Cc1ccc(=O)n(C(C(=O)NC(CC(C)C)C(=O)O)C(C)C)c1. The van der Waals surface area contributed by atoms with Gasteiger partial charge in [-0.1, -0.05) is 33.8 Å². The Hall–Kier alpha value is -2.11. The summed E-state index contributed by atoms with van der Waals surface area (Å²) in [4.78, 5) is 36.0. The third kappa shape index (κ3) is 5.23. The van der Waals surface area contributed by atoms with Crippen LogP contribution in [-0.2, 0) is 9.59 Å². The van der Waals surface area contributed by atoms with E-state index in [1.165, 1.54) is 10.6 Å². The van der Waals surface area contributed by atoms with Crippen LogP contribution in [0.15, 0.2) is 23.1 Å². The van der Waals surface area contributed by atoms with Gasteiger partial charge in [-0.2, -0.15) is 0 Å². The van der Waals surface area contributed by atoms with Gasteiger partial charge in [0.1, 0.15) is 12.1 Å². The van der Waals surface area contributed by atoms with Gasteiger partial charge in [0.15, 0.2) is 0 Å². The number of nitrogens with one attached hydrogen (secondary N) is 1. The number of carbonyl (C=O) groups excluding carboxylic acids is 1. The fraction of sp³-hybridized carbons (Fsp3) is 0.588. The smallest absolute Gasteiger partial charge is 0.326 e. The van der Waals surface area contributed by atoms with Gasteiger partial charge in [0.2, 0.25) is 5.91 Å². The first-order chi connectivity index (χ1) is 10.6. The van der Waals surface area contributed by atoms with Crippen molar-refractivity contribution in [2.75, 3.05) is 0 Å². The quantitative estimate of drug-likeness (QED) is 0.803. The zero-order valence-corrected chi connectivity index (χ0v) is 14.4. The molecular formula is C17H26N2O4. The van der Waals surface area contributed by atoms with Crippen LogP contribution >= 0.6 is 0 Å². The molecule has 0 radical (unpaired) electrons. The lowest BCUT2D eigenvalue weighted by Crippen LogP contribution is -2.47. The molecule has 23 heavy (non-hydrogen) atoms. The molecule has 1 amide bonds. The average molecular weight is 322 g/mol. The maximum Gasteiger partial charge on any atom is 0.326 e. The Morgan fingerprint density at radius 1 is 1.22 bits per heavy atom. The lowest BCUT2D eigenvalue weighted by atomic mass is 10.00. The first-order valence-electron chi connectivity index (χ1n) is 7.85. The molecule has 6 heteroatoms. The van der Waals surface area contributed by atoms with Crippen molar-refractivity contribution in [3.8, 4) is 0 Å². The molecule has 0 aliphatic heterocycles. The number of rotatable bonds is 7. The third-order valence-corrected chi connectivity index (χ3v) is 3.61. The average Bonchev–Trinajstić information content (AvgIpc) is 2.41. The highest BCUT2D eigenvalue weighted by Gasteiger charge is 2.29. The monoisotopic (exact) mass is 322 g/mol. The number of hydrogen-bond donors (Lipinski definition) is 2. The van der Waals surface area contributed by atoms with Crippen LogP contribution in [0.3, 0.4) is 0 Å². The van der Waals surface area contributed by atoms with Crippen molar-refractivity contribution in [2.45, 2.75) is 53.1 Å². The van der Waals surface area contributed by atoms with Gasteiger partial charge >= 0.3 is 5.97 Å². The first kappa shape index (κ1) is 18.9. The summed E-state index contributed by atoms with van der Waals surface area (Å²) in [6.07, 6.45) is 1.97. The lowest BCUT2D eigenvalue weighted by Gasteiger charge is -2.25. The summed E-state index contributed by atoms with van der Waals surface area (Å²) in [5.41, 5.74) is 0.584. The van der Waals surface area contributed by atoms with E-state index in [2.05, 4.69) is 5.32 Å². The minimum atomic E-state index is -1.06. The van der Waals surface area contributed by atoms with Crippen LogP contribution in [0, 0.1) is 18.8 Å². The fourth-order valence-corrected chi connectivity index (χ4v) is 2.53. The molecule has 0 bridgehead atoms. The Morgan fingerprint density at radius 2 is 1.83 bits per heavy atom. The Morgan fingerprint density at radius 3 is 2.30 bits per heavy atom. The molecule has 1 heterocycles. The molecule has 2 atom stereocenters. The number of aliphatic carboxylic acids is 1. The zero-order valence-electron chi connectivity index (χ0n) is 14.4. The number of hydrogen-bond acceptors (Lipinski definition) is 3. The summed E-state index contributed by atoms with van der Waals surface area (Å²) >= 11 is 0. The molecule has 2 N–H and O–H groups in total. The molecular weight excluding hydrogens is 296 g/mol. The van der Waals surface area contributed by atoms with Crippen LogP contribution < -0.4 is 10.9 Å². The van der Waals surface area contributed by atoms with E-state index in [1.54, 1.807) is 12.3 Å². The summed E-state index contributed by atoms with van der Waals surface area (Å²) in [7, 11) is 0. The summed E-state index contributed by atoms with van der Waals surface area (Å²) in [6, 6.07) is 1.41. The van der Waals surface area contributed by atoms with E-state index in [9.17, 15) is 19.5 Å². The maximum absolute atomic E-state index is 12.6. The van der Waals surface area contributed by atoms with Gasteiger partial charge < -0.3 is 15.0 Å². The van der Waals surface area contributed by atoms with Crippen molar-refractivity contribution in [1.29, 1.82) is 0 Å². The maximum atomic E-state index is 12.6. The standard InChI is InChI=1S/C17H26N2O4/c1-10(2)8-13(17(22)23)18-16(21)15(11(3)4)19-9-12(5)6-7-14(19)20/h6-7,9-11,13,15H,8H2,1-5H3,(H,18,21)(H,22,23). The first-order valence-corrected chi connectivity index (χ1v) is 7.85. The largest absolute Gasteiger partial charge is 0.480 e. The van der Waals surface area contributed by atoms with Crippen molar-refractivity contribution >= 4 is 11.9 Å². The molecule has 2 unspecified atom stereocenters. The normalized spacial score (nSPS) is 13.9. The molecule has 1 rings (SSSR count).